The van der Waals surface area contributed by atoms with Crippen LogP contribution in [0.25, 0.3) is 0 Å². The summed E-state index contributed by atoms with van der Waals surface area (Å²) in [5.74, 6) is 1.97. The van der Waals surface area contributed by atoms with Crippen molar-refractivity contribution in [2.24, 2.45) is 5.92 Å². The molecule has 3 nitrogen and oxygen atoms in total. The van der Waals surface area contributed by atoms with Crippen LogP contribution in [0.15, 0.2) is 53.0 Å². The Morgan fingerprint density at radius 1 is 1.16 bits per heavy atom. The zero-order valence-corrected chi connectivity index (χ0v) is 16.1. The zero-order chi connectivity index (χ0) is 17.6. The average molecular weight is 402 g/mol. The van der Waals surface area contributed by atoms with E-state index >= 15 is 0 Å². The summed E-state index contributed by atoms with van der Waals surface area (Å²) in [6.07, 6.45) is 2.21. The number of methoxy groups -OCH3 is 1. The van der Waals surface area contributed by atoms with Gasteiger partial charge in [-0.15, -0.1) is 0 Å². The van der Waals surface area contributed by atoms with Gasteiger partial charge in [0.1, 0.15) is 11.5 Å². The van der Waals surface area contributed by atoms with Gasteiger partial charge in [0.2, 0.25) is 0 Å². The van der Waals surface area contributed by atoms with Gasteiger partial charge in [0.05, 0.1) is 7.11 Å². The highest BCUT2D eigenvalue weighted by molar-refractivity contribution is 9.10. The molecular formula is C21H24BrNO2. The van der Waals surface area contributed by atoms with E-state index in [0.29, 0.717) is 30.5 Å². The Morgan fingerprint density at radius 3 is 2.56 bits per heavy atom. The van der Waals surface area contributed by atoms with Gasteiger partial charge in [-0.25, -0.2) is 0 Å². The summed E-state index contributed by atoms with van der Waals surface area (Å²) in [6, 6.07) is 16.3. The summed E-state index contributed by atoms with van der Waals surface area (Å²) >= 11 is 3.43. The average Bonchev–Trinajstić information content (AvgIpc) is 2.64. The molecule has 25 heavy (non-hydrogen) atoms. The van der Waals surface area contributed by atoms with Crippen molar-refractivity contribution in [1.29, 1.82) is 0 Å². The van der Waals surface area contributed by atoms with Gasteiger partial charge >= 0.3 is 0 Å². The molecule has 0 aliphatic carbocycles. The number of hydrogen-bond acceptors (Lipinski definition) is 3. The lowest BCUT2D eigenvalue weighted by molar-refractivity contribution is -0.119. The first kappa shape index (κ1) is 18.2. The number of halogens is 1. The van der Waals surface area contributed by atoms with E-state index in [1.807, 2.05) is 36.4 Å². The van der Waals surface area contributed by atoms with Crippen LogP contribution in [0.1, 0.15) is 29.9 Å². The van der Waals surface area contributed by atoms with E-state index in [2.05, 4.69) is 33.4 Å². The second-order valence-electron chi connectivity index (χ2n) is 6.68. The molecule has 2 aromatic rings. The van der Waals surface area contributed by atoms with E-state index in [9.17, 15) is 4.79 Å². The summed E-state index contributed by atoms with van der Waals surface area (Å²) in [5.41, 5.74) is 2.39. The monoisotopic (exact) mass is 401 g/mol. The lowest BCUT2D eigenvalue weighted by atomic mass is 9.78. The van der Waals surface area contributed by atoms with Gasteiger partial charge in [0, 0.05) is 17.3 Å². The van der Waals surface area contributed by atoms with Crippen LogP contribution >= 0.6 is 15.9 Å². The summed E-state index contributed by atoms with van der Waals surface area (Å²) in [7, 11) is 1.68. The summed E-state index contributed by atoms with van der Waals surface area (Å²) < 4.78 is 6.29. The van der Waals surface area contributed by atoms with Crippen LogP contribution in [-0.2, 0) is 11.2 Å². The second kappa shape index (κ2) is 8.63. The van der Waals surface area contributed by atoms with E-state index < -0.39 is 0 Å². The number of piperidine rings is 1. The molecule has 1 unspecified atom stereocenters. The van der Waals surface area contributed by atoms with Crippen molar-refractivity contribution in [2.75, 3.05) is 20.2 Å². The van der Waals surface area contributed by atoms with Crippen LogP contribution < -0.4 is 10.1 Å². The number of benzene rings is 2. The molecule has 2 atom stereocenters. The van der Waals surface area contributed by atoms with Gasteiger partial charge in [0.25, 0.3) is 0 Å². The highest BCUT2D eigenvalue weighted by Gasteiger charge is 2.28. The van der Waals surface area contributed by atoms with Gasteiger partial charge in [-0.2, -0.15) is 0 Å². The Morgan fingerprint density at radius 2 is 1.88 bits per heavy atom. The normalized spacial score (nSPS) is 20.2. The van der Waals surface area contributed by atoms with Gasteiger partial charge in [-0.1, -0.05) is 40.2 Å². The Balaban J connectivity index is 1.65. The van der Waals surface area contributed by atoms with Crippen molar-refractivity contribution < 1.29 is 9.53 Å². The maximum absolute atomic E-state index is 12.6. The number of carbonyl (C=O) groups excluding carboxylic acids is 1. The molecule has 1 aliphatic rings. The highest BCUT2D eigenvalue weighted by Crippen LogP contribution is 2.33. The summed E-state index contributed by atoms with van der Waals surface area (Å²) in [4.78, 5) is 12.6. The molecule has 1 aliphatic heterocycles. The molecule has 0 saturated carbocycles. The van der Waals surface area contributed by atoms with Crippen molar-refractivity contribution in [2.45, 2.75) is 25.2 Å². The van der Waals surface area contributed by atoms with Gasteiger partial charge < -0.3 is 10.1 Å². The number of nitrogens with one attached hydrogen (secondary N) is 1. The first-order chi connectivity index (χ1) is 12.2. The molecule has 0 aromatic heterocycles. The third-order valence-corrected chi connectivity index (χ3v) is 5.48. The van der Waals surface area contributed by atoms with Crippen molar-refractivity contribution in [3.05, 3.63) is 64.1 Å². The fourth-order valence-electron chi connectivity index (χ4n) is 3.62. The minimum absolute atomic E-state index is 0.314. The number of ether oxygens (including phenoxy) is 1. The van der Waals surface area contributed by atoms with Crippen LogP contribution in [0.5, 0.6) is 5.75 Å². The third-order valence-electron chi connectivity index (χ3n) is 4.96. The number of rotatable bonds is 6. The molecule has 3 rings (SSSR count). The Kier molecular flexibility index (Phi) is 6.27. The SMILES string of the molecule is COc1ccc(C2CCNC[C@H]2CC(=O)Cc2ccc(Br)cc2)cc1. The largest absolute Gasteiger partial charge is 0.497 e. The fourth-order valence-corrected chi connectivity index (χ4v) is 3.89. The molecule has 1 heterocycles. The third kappa shape index (κ3) is 4.93. The summed E-state index contributed by atoms with van der Waals surface area (Å²) in [5, 5.41) is 3.45. The van der Waals surface area contributed by atoms with Gasteiger partial charge in [-0.05, 0) is 66.7 Å². The van der Waals surface area contributed by atoms with E-state index in [4.69, 9.17) is 4.74 Å². The van der Waals surface area contributed by atoms with E-state index in [1.165, 1.54) is 5.56 Å². The molecule has 1 saturated heterocycles. The summed E-state index contributed by atoms with van der Waals surface area (Å²) in [6.45, 7) is 1.91. The maximum Gasteiger partial charge on any atom is 0.137 e. The molecule has 0 radical (unpaired) electrons. The van der Waals surface area contributed by atoms with Crippen molar-refractivity contribution >= 4 is 21.7 Å². The predicted molar refractivity (Wildman–Crippen MR) is 104 cm³/mol. The maximum atomic E-state index is 12.6. The van der Waals surface area contributed by atoms with E-state index in [1.54, 1.807) is 7.11 Å². The highest BCUT2D eigenvalue weighted by atomic mass is 79.9. The van der Waals surface area contributed by atoms with E-state index in [0.717, 1.165) is 35.3 Å². The number of ketones is 1. The van der Waals surface area contributed by atoms with Crippen LogP contribution in [0.2, 0.25) is 0 Å². The van der Waals surface area contributed by atoms with Crippen molar-refractivity contribution in [1.82, 2.24) is 5.32 Å². The Labute approximate surface area is 157 Å². The number of hydrogen-bond donors (Lipinski definition) is 1. The van der Waals surface area contributed by atoms with E-state index in [-0.39, 0.29) is 0 Å². The lowest BCUT2D eigenvalue weighted by Gasteiger charge is -2.32. The molecule has 132 valence electrons. The second-order valence-corrected chi connectivity index (χ2v) is 7.59. The predicted octanol–water partition coefficient (Wildman–Crippen LogP) is 4.35. The number of carbonyl (C=O) groups is 1. The molecule has 0 amide bonds. The van der Waals surface area contributed by atoms with Crippen molar-refractivity contribution in [3.63, 3.8) is 0 Å². The molecule has 1 N–H and O–H groups in total. The first-order valence-electron chi connectivity index (χ1n) is 8.76. The van der Waals surface area contributed by atoms with Gasteiger partial charge in [-0.3, -0.25) is 4.79 Å². The van der Waals surface area contributed by atoms with Crippen LogP contribution in [0.4, 0.5) is 0 Å². The Bertz CT molecular complexity index is 697. The molecule has 2 aromatic carbocycles. The van der Waals surface area contributed by atoms with Crippen LogP contribution in [-0.4, -0.2) is 26.0 Å². The standard InChI is InChI=1S/C21H24BrNO2/c1-25-20-8-4-16(5-9-20)21-10-11-23-14-17(21)13-19(24)12-15-2-6-18(22)7-3-15/h2-9,17,21,23H,10-14H2,1H3/t17-,21?/m1/s1. The first-order valence-corrected chi connectivity index (χ1v) is 9.56. The Hall–Kier alpha value is -1.65. The van der Waals surface area contributed by atoms with Gasteiger partial charge in [0.15, 0.2) is 0 Å². The topological polar surface area (TPSA) is 38.3 Å². The smallest absolute Gasteiger partial charge is 0.137 e. The lowest BCUT2D eigenvalue weighted by Crippen LogP contribution is -2.36. The van der Waals surface area contributed by atoms with Crippen molar-refractivity contribution in [3.8, 4) is 5.75 Å². The molecule has 0 spiro atoms. The molecule has 1 fully saturated rings. The minimum Gasteiger partial charge on any atom is -0.497 e. The zero-order valence-electron chi connectivity index (χ0n) is 14.5. The molecule has 4 heteroatoms. The van der Waals surface area contributed by atoms with Crippen LogP contribution in [0, 0.1) is 5.92 Å². The molecular weight excluding hydrogens is 378 g/mol. The minimum atomic E-state index is 0.314. The van der Waals surface area contributed by atoms with Crippen LogP contribution in [0.3, 0.4) is 0 Å². The number of Topliss-reactive ketones (excluding diaryl/α,β-unsaturated/α-hetero) is 1. The quantitative estimate of drug-likeness (QED) is 0.781. The molecule has 0 bridgehead atoms. The fraction of sp³-hybridized carbons (Fsp3) is 0.381.